The Kier molecular flexibility index (Phi) is 1.72. The molecule has 0 aliphatic carbocycles. The first-order valence-corrected chi connectivity index (χ1v) is 5.38. The van der Waals surface area contributed by atoms with E-state index in [2.05, 4.69) is 10.1 Å². The maximum atomic E-state index is 5.74. The number of benzene rings is 1. The van der Waals surface area contributed by atoms with Crippen molar-refractivity contribution >= 4 is 22.1 Å². The standard InChI is InChI=1S/C10H8N4S/c11-8-6-15-10-12-9(13-14(8)10)7-4-2-1-3-5-7/h1-6H,11H2. The molecule has 0 unspecified atom stereocenters. The fourth-order valence-electron chi connectivity index (χ4n) is 1.41. The minimum Gasteiger partial charge on any atom is -0.383 e. The zero-order valence-electron chi connectivity index (χ0n) is 7.79. The van der Waals surface area contributed by atoms with Crippen molar-refractivity contribution < 1.29 is 0 Å². The summed E-state index contributed by atoms with van der Waals surface area (Å²) in [6.45, 7) is 0. The predicted molar refractivity (Wildman–Crippen MR) is 60.7 cm³/mol. The van der Waals surface area contributed by atoms with E-state index in [0.717, 1.165) is 10.5 Å². The van der Waals surface area contributed by atoms with Gasteiger partial charge in [-0.2, -0.15) is 9.50 Å². The molecule has 0 spiro atoms. The van der Waals surface area contributed by atoms with E-state index in [4.69, 9.17) is 5.73 Å². The van der Waals surface area contributed by atoms with Gasteiger partial charge in [-0.05, 0) is 0 Å². The molecule has 74 valence electrons. The fraction of sp³-hybridized carbons (Fsp3) is 0. The molecule has 2 N–H and O–H groups in total. The number of nitrogens with zero attached hydrogens (tertiary/aromatic N) is 3. The molecule has 2 heterocycles. The zero-order chi connectivity index (χ0) is 10.3. The maximum absolute atomic E-state index is 5.74. The van der Waals surface area contributed by atoms with Gasteiger partial charge in [0.05, 0.1) is 0 Å². The van der Waals surface area contributed by atoms with Crippen LogP contribution >= 0.6 is 11.3 Å². The summed E-state index contributed by atoms with van der Waals surface area (Å²) in [5, 5.41) is 6.17. The molecule has 1 aromatic carbocycles. The Labute approximate surface area is 90.0 Å². The number of fused-ring (bicyclic) bond motifs is 1. The molecule has 4 nitrogen and oxygen atoms in total. The average molecular weight is 216 g/mol. The molecule has 0 saturated heterocycles. The second-order valence-corrected chi connectivity index (χ2v) is 3.99. The molecule has 5 heteroatoms. The van der Waals surface area contributed by atoms with Crippen LogP contribution in [0.1, 0.15) is 0 Å². The molecule has 0 aliphatic heterocycles. The van der Waals surface area contributed by atoms with E-state index in [9.17, 15) is 0 Å². The first-order valence-electron chi connectivity index (χ1n) is 4.50. The van der Waals surface area contributed by atoms with Gasteiger partial charge in [0, 0.05) is 10.9 Å². The first kappa shape index (κ1) is 8.43. The molecule has 0 aliphatic rings. The van der Waals surface area contributed by atoms with Gasteiger partial charge in [-0.25, -0.2) is 0 Å². The minimum atomic E-state index is 0.629. The number of aromatic nitrogens is 3. The number of hydrogen-bond donors (Lipinski definition) is 1. The number of thiazole rings is 1. The summed E-state index contributed by atoms with van der Waals surface area (Å²) in [6.07, 6.45) is 0. The Balaban J connectivity index is 2.20. The lowest BCUT2D eigenvalue weighted by atomic mass is 10.2. The normalized spacial score (nSPS) is 10.9. The third kappa shape index (κ3) is 1.28. The van der Waals surface area contributed by atoms with Crippen LogP contribution in [0.15, 0.2) is 35.7 Å². The molecule has 15 heavy (non-hydrogen) atoms. The van der Waals surface area contributed by atoms with E-state index in [0.29, 0.717) is 11.6 Å². The third-order valence-corrected chi connectivity index (χ3v) is 2.97. The van der Waals surface area contributed by atoms with Crippen molar-refractivity contribution in [2.75, 3.05) is 5.73 Å². The van der Waals surface area contributed by atoms with Crippen molar-refractivity contribution in [3.63, 3.8) is 0 Å². The summed E-state index contributed by atoms with van der Waals surface area (Å²) in [5.74, 6) is 1.35. The van der Waals surface area contributed by atoms with Crippen LogP contribution in [0.5, 0.6) is 0 Å². The molecule has 0 amide bonds. The fourth-order valence-corrected chi connectivity index (χ4v) is 2.13. The molecular formula is C10H8N4S. The number of anilines is 1. The quantitative estimate of drug-likeness (QED) is 0.677. The molecule has 0 radical (unpaired) electrons. The zero-order valence-corrected chi connectivity index (χ0v) is 8.61. The van der Waals surface area contributed by atoms with Crippen molar-refractivity contribution in [1.82, 2.24) is 14.6 Å². The van der Waals surface area contributed by atoms with Crippen molar-refractivity contribution in [3.8, 4) is 11.4 Å². The molecule has 3 aromatic rings. The number of hydrogen-bond acceptors (Lipinski definition) is 4. The van der Waals surface area contributed by atoms with Crippen LogP contribution in [0.2, 0.25) is 0 Å². The van der Waals surface area contributed by atoms with Crippen LogP contribution in [0.25, 0.3) is 16.3 Å². The summed E-state index contributed by atoms with van der Waals surface area (Å²) in [6, 6.07) is 9.86. The van der Waals surface area contributed by atoms with Gasteiger partial charge in [-0.3, -0.25) is 0 Å². The van der Waals surface area contributed by atoms with Crippen LogP contribution in [-0.4, -0.2) is 14.6 Å². The molecule has 2 aromatic heterocycles. The SMILES string of the molecule is Nc1csc2nc(-c3ccccc3)nn12. The Hall–Kier alpha value is -1.88. The summed E-state index contributed by atoms with van der Waals surface area (Å²) in [7, 11) is 0. The Morgan fingerprint density at radius 3 is 2.73 bits per heavy atom. The monoisotopic (exact) mass is 216 g/mol. The van der Waals surface area contributed by atoms with Crippen molar-refractivity contribution in [3.05, 3.63) is 35.7 Å². The Bertz CT molecular complexity index is 596. The van der Waals surface area contributed by atoms with Gasteiger partial charge >= 0.3 is 0 Å². The van der Waals surface area contributed by atoms with Gasteiger partial charge < -0.3 is 5.73 Å². The summed E-state index contributed by atoms with van der Waals surface area (Å²) in [4.78, 5) is 5.22. The van der Waals surface area contributed by atoms with E-state index in [-0.39, 0.29) is 0 Å². The van der Waals surface area contributed by atoms with Gasteiger partial charge in [-0.15, -0.1) is 16.4 Å². The van der Waals surface area contributed by atoms with E-state index < -0.39 is 0 Å². The topological polar surface area (TPSA) is 56.2 Å². The van der Waals surface area contributed by atoms with E-state index in [1.54, 1.807) is 4.52 Å². The highest BCUT2D eigenvalue weighted by molar-refractivity contribution is 7.15. The number of rotatable bonds is 1. The van der Waals surface area contributed by atoms with E-state index in [1.165, 1.54) is 11.3 Å². The average Bonchev–Trinajstić information content (AvgIpc) is 2.83. The molecule has 0 fully saturated rings. The van der Waals surface area contributed by atoms with Crippen LogP contribution in [-0.2, 0) is 0 Å². The molecule has 0 saturated carbocycles. The van der Waals surface area contributed by atoms with Crippen LogP contribution < -0.4 is 5.73 Å². The third-order valence-electron chi connectivity index (χ3n) is 2.14. The molecular weight excluding hydrogens is 208 g/mol. The number of nitrogens with two attached hydrogens (primary N) is 1. The summed E-state index contributed by atoms with van der Waals surface area (Å²) >= 11 is 1.49. The first-order chi connectivity index (χ1) is 7.34. The van der Waals surface area contributed by atoms with Crippen molar-refractivity contribution in [1.29, 1.82) is 0 Å². The lowest BCUT2D eigenvalue weighted by Gasteiger charge is -1.91. The van der Waals surface area contributed by atoms with Crippen LogP contribution in [0.3, 0.4) is 0 Å². The highest BCUT2D eigenvalue weighted by Gasteiger charge is 2.08. The highest BCUT2D eigenvalue weighted by atomic mass is 32.1. The number of nitrogen functional groups attached to an aromatic ring is 1. The molecule has 0 atom stereocenters. The van der Waals surface area contributed by atoms with Gasteiger partial charge in [0.25, 0.3) is 0 Å². The van der Waals surface area contributed by atoms with E-state index in [1.807, 2.05) is 35.7 Å². The van der Waals surface area contributed by atoms with Crippen LogP contribution in [0, 0.1) is 0 Å². The minimum absolute atomic E-state index is 0.629. The second-order valence-electron chi connectivity index (χ2n) is 3.16. The molecule has 3 rings (SSSR count). The molecule has 0 bridgehead atoms. The van der Waals surface area contributed by atoms with Gasteiger partial charge in [0.15, 0.2) is 5.82 Å². The van der Waals surface area contributed by atoms with Crippen molar-refractivity contribution in [2.45, 2.75) is 0 Å². The van der Waals surface area contributed by atoms with Gasteiger partial charge in [0.2, 0.25) is 4.96 Å². The lowest BCUT2D eigenvalue weighted by molar-refractivity contribution is 0.994. The van der Waals surface area contributed by atoms with Crippen molar-refractivity contribution in [2.24, 2.45) is 0 Å². The summed E-state index contributed by atoms with van der Waals surface area (Å²) in [5.41, 5.74) is 6.75. The van der Waals surface area contributed by atoms with E-state index >= 15 is 0 Å². The Morgan fingerprint density at radius 2 is 2.00 bits per heavy atom. The smallest absolute Gasteiger partial charge is 0.214 e. The van der Waals surface area contributed by atoms with Gasteiger partial charge in [0.1, 0.15) is 5.82 Å². The lowest BCUT2D eigenvalue weighted by Crippen LogP contribution is -1.92. The predicted octanol–water partition coefficient (Wildman–Crippen LogP) is 2.04. The largest absolute Gasteiger partial charge is 0.383 e. The second kappa shape index (κ2) is 3.06. The maximum Gasteiger partial charge on any atom is 0.214 e. The van der Waals surface area contributed by atoms with Gasteiger partial charge in [-0.1, -0.05) is 30.3 Å². The van der Waals surface area contributed by atoms with Crippen LogP contribution in [0.4, 0.5) is 5.82 Å². The summed E-state index contributed by atoms with van der Waals surface area (Å²) < 4.78 is 1.66. The highest BCUT2D eigenvalue weighted by Crippen LogP contribution is 2.21. The Morgan fingerprint density at radius 1 is 1.20 bits per heavy atom.